The first-order valence-corrected chi connectivity index (χ1v) is 7.71. The maximum atomic E-state index is 12.7. The summed E-state index contributed by atoms with van der Waals surface area (Å²) >= 11 is 0. The van der Waals surface area contributed by atoms with E-state index in [1.807, 2.05) is 0 Å². The number of carbonyl (C=O) groups excluding carboxylic acids is 2. The van der Waals surface area contributed by atoms with Gasteiger partial charge in [0.05, 0.1) is 18.6 Å². The average molecular weight is 320 g/mol. The summed E-state index contributed by atoms with van der Waals surface area (Å²) in [5.74, 6) is -2.74. The van der Waals surface area contributed by atoms with Crippen molar-refractivity contribution >= 4 is 28.0 Å². The normalized spacial score (nSPS) is 19.0. The van der Waals surface area contributed by atoms with Crippen LogP contribution < -0.4 is 4.90 Å². The number of amides is 1. The monoisotopic (exact) mass is 320 g/mol. The van der Waals surface area contributed by atoms with Crippen LogP contribution in [0.3, 0.4) is 0 Å². The molecule has 0 radical (unpaired) electrons. The first-order chi connectivity index (χ1) is 9.81. The second-order valence-electron chi connectivity index (χ2n) is 4.55. The van der Waals surface area contributed by atoms with Crippen LogP contribution in [-0.4, -0.2) is 44.4 Å². The summed E-state index contributed by atoms with van der Waals surface area (Å²) in [5.41, 5.74) is -0.0334. The first kappa shape index (κ1) is 15.4. The zero-order valence-electron chi connectivity index (χ0n) is 11.1. The van der Waals surface area contributed by atoms with Crippen molar-refractivity contribution < 1.29 is 31.2 Å². The first-order valence-electron chi connectivity index (χ1n) is 6.16. The lowest BCUT2D eigenvalue weighted by Crippen LogP contribution is -2.26. The highest BCUT2D eigenvalue weighted by molar-refractivity contribution is 7.86. The lowest BCUT2D eigenvalue weighted by Gasteiger charge is -2.13. The maximum Gasteiger partial charge on any atom is 0.345 e. The van der Waals surface area contributed by atoms with Gasteiger partial charge in [0.15, 0.2) is 0 Å². The zero-order valence-corrected chi connectivity index (χ0v) is 11.9. The van der Waals surface area contributed by atoms with Crippen LogP contribution in [0, 0.1) is 5.92 Å². The Labute approximate surface area is 120 Å². The van der Waals surface area contributed by atoms with Crippen LogP contribution >= 0.6 is 0 Å². The van der Waals surface area contributed by atoms with E-state index in [1.165, 1.54) is 0 Å². The Kier molecular flexibility index (Phi) is 4.26. The smallest absolute Gasteiger partial charge is 0.345 e. The Balaban J connectivity index is 2.18. The Morgan fingerprint density at radius 2 is 2.33 bits per heavy atom. The minimum Gasteiger partial charge on any atom is -0.462 e. The second kappa shape index (κ2) is 5.80. The van der Waals surface area contributed by atoms with E-state index in [4.69, 9.17) is 9.26 Å². The van der Waals surface area contributed by atoms with Gasteiger partial charge in [0.1, 0.15) is 5.56 Å². The molecule has 0 aliphatic carbocycles. The number of hydrogen-bond donors (Lipinski definition) is 0. The van der Waals surface area contributed by atoms with Crippen LogP contribution in [0.15, 0.2) is 10.7 Å². The molecule has 8 nitrogen and oxygen atoms in total. The van der Waals surface area contributed by atoms with Crippen molar-refractivity contribution in [2.24, 2.45) is 5.92 Å². The van der Waals surface area contributed by atoms with Gasteiger partial charge in [-0.25, -0.2) is 4.79 Å². The fraction of sp³-hybridized carbons (Fsp3) is 0.545. The van der Waals surface area contributed by atoms with E-state index in [0.29, 0.717) is 0 Å². The van der Waals surface area contributed by atoms with Crippen LogP contribution in [0.5, 0.6) is 0 Å². The average Bonchev–Trinajstić information content (AvgIpc) is 2.93. The summed E-state index contributed by atoms with van der Waals surface area (Å²) in [6.07, 6.45) is 0.964. The SMILES string of the molecule is CCOC(=O)c1cnoc1N1CC(CS(=O)(=O)F)CC1=O. The molecule has 0 bridgehead atoms. The highest BCUT2D eigenvalue weighted by Gasteiger charge is 2.37. The van der Waals surface area contributed by atoms with Crippen molar-refractivity contribution in [2.75, 3.05) is 23.8 Å². The molecule has 1 amide bonds. The van der Waals surface area contributed by atoms with E-state index in [0.717, 1.165) is 11.1 Å². The number of anilines is 1. The standard InChI is InChI=1S/C11H13FN2O6S/c1-2-19-11(16)8-4-13-20-10(8)14-5-7(3-9(14)15)6-21(12,17)18/h4,7H,2-3,5-6H2,1H3. The molecule has 1 fully saturated rings. The Hall–Kier alpha value is -1.97. The Bertz CT molecular complexity index is 655. The number of ether oxygens (including phenoxy) is 1. The lowest BCUT2D eigenvalue weighted by atomic mass is 10.1. The Morgan fingerprint density at radius 1 is 1.62 bits per heavy atom. The van der Waals surface area contributed by atoms with Gasteiger partial charge in [-0.05, 0) is 6.92 Å². The molecule has 1 saturated heterocycles. The van der Waals surface area contributed by atoms with Crippen LogP contribution in [0.25, 0.3) is 0 Å². The van der Waals surface area contributed by atoms with Gasteiger partial charge >= 0.3 is 16.2 Å². The number of nitrogens with zero attached hydrogens (tertiary/aromatic N) is 2. The zero-order chi connectivity index (χ0) is 15.6. The molecule has 0 spiro atoms. The number of rotatable bonds is 5. The van der Waals surface area contributed by atoms with Crippen molar-refractivity contribution in [1.82, 2.24) is 5.16 Å². The van der Waals surface area contributed by atoms with Crippen molar-refractivity contribution in [3.8, 4) is 0 Å². The van der Waals surface area contributed by atoms with Crippen LogP contribution in [0.2, 0.25) is 0 Å². The van der Waals surface area contributed by atoms with E-state index in [2.05, 4.69) is 5.16 Å². The predicted molar refractivity (Wildman–Crippen MR) is 67.8 cm³/mol. The summed E-state index contributed by atoms with van der Waals surface area (Å²) in [4.78, 5) is 24.6. The van der Waals surface area contributed by atoms with E-state index < -0.39 is 33.8 Å². The molecule has 1 aromatic heterocycles. The van der Waals surface area contributed by atoms with Crippen LogP contribution in [0.1, 0.15) is 23.7 Å². The van der Waals surface area contributed by atoms with E-state index in [1.54, 1.807) is 6.92 Å². The molecular weight excluding hydrogens is 307 g/mol. The number of esters is 1. The quantitative estimate of drug-likeness (QED) is 0.574. The van der Waals surface area contributed by atoms with E-state index >= 15 is 0 Å². The van der Waals surface area contributed by atoms with Crippen molar-refractivity contribution in [1.29, 1.82) is 0 Å². The number of carbonyl (C=O) groups is 2. The summed E-state index contributed by atoms with van der Waals surface area (Å²) in [6, 6.07) is 0. The molecule has 1 unspecified atom stereocenters. The third kappa shape index (κ3) is 3.57. The van der Waals surface area contributed by atoms with Crippen molar-refractivity contribution in [2.45, 2.75) is 13.3 Å². The van der Waals surface area contributed by atoms with Gasteiger partial charge in [0.2, 0.25) is 11.8 Å². The van der Waals surface area contributed by atoms with E-state index in [-0.39, 0.29) is 31.0 Å². The van der Waals surface area contributed by atoms with Crippen LogP contribution in [0.4, 0.5) is 9.77 Å². The molecule has 1 aliphatic rings. The summed E-state index contributed by atoms with van der Waals surface area (Å²) < 4.78 is 43.6. The number of hydrogen-bond acceptors (Lipinski definition) is 7. The minimum absolute atomic E-state index is 0.0334. The van der Waals surface area contributed by atoms with Gasteiger partial charge in [0, 0.05) is 18.9 Å². The molecule has 1 atom stereocenters. The van der Waals surface area contributed by atoms with Crippen LogP contribution in [-0.2, 0) is 19.8 Å². The maximum absolute atomic E-state index is 12.7. The molecular formula is C11H13FN2O6S. The highest BCUT2D eigenvalue weighted by atomic mass is 32.3. The third-order valence-corrected chi connectivity index (χ3v) is 3.80. The molecule has 2 heterocycles. The lowest BCUT2D eigenvalue weighted by molar-refractivity contribution is -0.117. The molecule has 10 heteroatoms. The fourth-order valence-electron chi connectivity index (χ4n) is 2.15. The summed E-state index contributed by atoms with van der Waals surface area (Å²) in [5, 5.41) is 3.44. The molecule has 116 valence electrons. The molecule has 21 heavy (non-hydrogen) atoms. The predicted octanol–water partition coefficient (Wildman–Crippen LogP) is 0.504. The molecule has 1 aromatic rings. The third-order valence-electron chi connectivity index (χ3n) is 2.93. The van der Waals surface area contributed by atoms with E-state index in [9.17, 15) is 21.9 Å². The van der Waals surface area contributed by atoms with Gasteiger partial charge in [0.25, 0.3) is 0 Å². The molecule has 2 rings (SSSR count). The number of halogens is 1. The largest absolute Gasteiger partial charge is 0.462 e. The molecule has 0 aromatic carbocycles. The second-order valence-corrected chi connectivity index (χ2v) is 5.96. The summed E-state index contributed by atoms with van der Waals surface area (Å²) in [6.45, 7) is 1.69. The number of aromatic nitrogens is 1. The van der Waals surface area contributed by atoms with Gasteiger partial charge in [-0.2, -0.15) is 8.42 Å². The van der Waals surface area contributed by atoms with Gasteiger partial charge in [-0.15, -0.1) is 3.89 Å². The topological polar surface area (TPSA) is 107 Å². The molecule has 0 N–H and O–H groups in total. The van der Waals surface area contributed by atoms with Crippen molar-refractivity contribution in [3.63, 3.8) is 0 Å². The molecule has 1 aliphatic heterocycles. The summed E-state index contributed by atoms with van der Waals surface area (Å²) in [7, 11) is -4.68. The Morgan fingerprint density at radius 3 is 2.95 bits per heavy atom. The highest BCUT2D eigenvalue weighted by Crippen LogP contribution is 2.29. The van der Waals surface area contributed by atoms with Crippen molar-refractivity contribution in [3.05, 3.63) is 11.8 Å². The molecule has 0 saturated carbocycles. The van der Waals surface area contributed by atoms with Gasteiger partial charge < -0.3 is 9.26 Å². The van der Waals surface area contributed by atoms with Gasteiger partial charge in [-0.3, -0.25) is 9.69 Å². The fourth-order valence-corrected chi connectivity index (χ4v) is 2.93. The van der Waals surface area contributed by atoms with Gasteiger partial charge in [-0.1, -0.05) is 5.16 Å². The minimum atomic E-state index is -4.68.